The van der Waals surface area contributed by atoms with E-state index >= 15 is 0 Å². The number of fused-ring (bicyclic) bond motifs is 1. The van der Waals surface area contributed by atoms with Gasteiger partial charge >= 0.3 is 12.5 Å². The zero-order valence-corrected chi connectivity index (χ0v) is 17.4. The number of halogens is 4. The predicted octanol–water partition coefficient (Wildman–Crippen LogP) is 3.93. The third kappa shape index (κ3) is 4.77. The van der Waals surface area contributed by atoms with Crippen molar-refractivity contribution in [2.45, 2.75) is 12.5 Å². The summed E-state index contributed by atoms with van der Waals surface area (Å²) < 4.78 is 59.1. The van der Waals surface area contributed by atoms with Gasteiger partial charge in [-0.1, -0.05) is 30.3 Å². The fraction of sp³-hybridized carbons (Fsp3) is 0.174. The zero-order chi connectivity index (χ0) is 24.4. The zero-order valence-electron chi connectivity index (χ0n) is 17.4. The highest BCUT2D eigenvalue weighted by atomic mass is 19.3. The number of anilines is 3. The first-order valence-electron chi connectivity index (χ1n) is 10.1. The summed E-state index contributed by atoms with van der Waals surface area (Å²) >= 11 is 0. The monoisotopic (exact) mass is 475 g/mol. The minimum Gasteiger partial charge on any atom is -0.442 e. The molecule has 0 spiro atoms. The van der Waals surface area contributed by atoms with E-state index in [2.05, 4.69) is 5.32 Å². The van der Waals surface area contributed by atoms with E-state index in [9.17, 15) is 31.9 Å². The number of ether oxygens (including phenoxy) is 1. The van der Waals surface area contributed by atoms with Gasteiger partial charge in [-0.05, 0) is 22.9 Å². The Kier molecular flexibility index (Phi) is 6.35. The van der Waals surface area contributed by atoms with E-state index in [-0.39, 0.29) is 24.5 Å². The second kappa shape index (κ2) is 9.38. The Morgan fingerprint density at radius 1 is 1.03 bits per heavy atom. The molecule has 2 amide bonds. The normalized spacial score (nSPS) is 15.5. The van der Waals surface area contributed by atoms with Crippen molar-refractivity contribution in [1.29, 1.82) is 0 Å². The highest BCUT2D eigenvalue weighted by Crippen LogP contribution is 2.30. The van der Waals surface area contributed by atoms with Crippen LogP contribution in [0.25, 0.3) is 10.8 Å². The average Bonchev–Trinajstić information content (AvgIpc) is 3.09. The van der Waals surface area contributed by atoms with E-state index in [0.717, 1.165) is 22.4 Å². The summed E-state index contributed by atoms with van der Waals surface area (Å²) in [6, 6.07) is 13.2. The molecule has 0 bridgehead atoms. The molecule has 2 N–H and O–H groups in total. The minimum atomic E-state index is -3.23. The lowest BCUT2D eigenvalue weighted by Crippen LogP contribution is -2.37. The van der Waals surface area contributed by atoms with E-state index in [1.807, 2.05) is 5.32 Å². The van der Waals surface area contributed by atoms with Crippen LogP contribution in [-0.4, -0.2) is 37.6 Å². The van der Waals surface area contributed by atoms with E-state index < -0.39 is 47.3 Å². The smallest absolute Gasteiger partial charge is 0.414 e. The average molecular weight is 475 g/mol. The van der Waals surface area contributed by atoms with Crippen molar-refractivity contribution in [2.24, 2.45) is 0 Å². The van der Waals surface area contributed by atoms with E-state index in [4.69, 9.17) is 4.74 Å². The quantitative estimate of drug-likeness (QED) is 0.528. The molecule has 1 aliphatic rings. The number of benzene rings is 2. The molecule has 176 valence electrons. The van der Waals surface area contributed by atoms with Gasteiger partial charge in [0.05, 0.1) is 24.5 Å². The lowest BCUT2D eigenvalue weighted by Gasteiger charge is -2.16. The van der Waals surface area contributed by atoms with Crippen LogP contribution in [0.15, 0.2) is 59.4 Å². The maximum absolute atomic E-state index is 14.8. The summed E-state index contributed by atoms with van der Waals surface area (Å²) in [4.78, 5) is 36.5. The molecule has 0 radical (unpaired) electrons. The maximum atomic E-state index is 14.8. The van der Waals surface area contributed by atoms with Crippen LogP contribution in [-0.2, 0) is 9.53 Å². The van der Waals surface area contributed by atoms with Crippen molar-refractivity contribution in [3.63, 3.8) is 0 Å². The van der Waals surface area contributed by atoms with Crippen molar-refractivity contribution in [2.75, 3.05) is 23.3 Å². The number of alkyl halides is 2. The van der Waals surface area contributed by atoms with Gasteiger partial charge in [0, 0.05) is 12.1 Å². The number of rotatable bonds is 6. The SMILES string of the molecule is O=C(NCC1CN(c2cc(F)c(Nc3ccc4ccccc4cc3=O)c(F)c2)C(=O)O1)C(F)F. The van der Waals surface area contributed by atoms with Crippen LogP contribution in [0.5, 0.6) is 0 Å². The Balaban J connectivity index is 1.54. The molecular formula is C23H17F4N3O4. The highest BCUT2D eigenvalue weighted by molar-refractivity contribution is 5.90. The highest BCUT2D eigenvalue weighted by Gasteiger charge is 2.34. The first kappa shape index (κ1) is 23.0. The van der Waals surface area contributed by atoms with E-state index in [1.54, 1.807) is 30.3 Å². The van der Waals surface area contributed by atoms with E-state index in [1.165, 1.54) is 12.1 Å². The fourth-order valence-corrected chi connectivity index (χ4v) is 3.47. The lowest BCUT2D eigenvalue weighted by molar-refractivity contribution is -0.132. The topological polar surface area (TPSA) is 87.7 Å². The first-order valence-corrected chi connectivity index (χ1v) is 10.1. The maximum Gasteiger partial charge on any atom is 0.414 e. The number of amides is 2. The fourth-order valence-electron chi connectivity index (χ4n) is 3.47. The number of nitrogens with one attached hydrogen (secondary N) is 2. The summed E-state index contributed by atoms with van der Waals surface area (Å²) in [5.41, 5.74) is -1.32. The van der Waals surface area contributed by atoms with Crippen LogP contribution >= 0.6 is 0 Å². The van der Waals surface area contributed by atoms with Crippen LogP contribution in [0.4, 0.5) is 39.4 Å². The largest absolute Gasteiger partial charge is 0.442 e. The molecule has 7 nitrogen and oxygen atoms in total. The summed E-state index contributed by atoms with van der Waals surface area (Å²) in [6.45, 7) is -0.610. The number of cyclic esters (lactones) is 1. The third-order valence-electron chi connectivity index (χ3n) is 5.15. The van der Waals surface area contributed by atoms with Gasteiger partial charge in [0.15, 0.2) is 11.6 Å². The predicted molar refractivity (Wildman–Crippen MR) is 116 cm³/mol. The van der Waals surface area contributed by atoms with Gasteiger partial charge in [0.25, 0.3) is 5.91 Å². The van der Waals surface area contributed by atoms with E-state index in [0.29, 0.717) is 5.39 Å². The molecule has 0 aliphatic carbocycles. The number of hydrogen-bond donors (Lipinski definition) is 2. The van der Waals surface area contributed by atoms with Crippen molar-refractivity contribution in [3.05, 3.63) is 76.5 Å². The summed E-state index contributed by atoms with van der Waals surface area (Å²) in [5, 5.41) is 5.80. The molecule has 1 saturated heterocycles. The Labute approximate surface area is 189 Å². The molecule has 1 fully saturated rings. The van der Waals surface area contributed by atoms with Gasteiger partial charge in [-0.25, -0.2) is 13.6 Å². The molecule has 1 unspecified atom stereocenters. The molecule has 3 aromatic carbocycles. The molecule has 1 heterocycles. The summed E-state index contributed by atoms with van der Waals surface area (Å²) in [5.74, 6) is -3.68. The van der Waals surface area contributed by atoms with Gasteiger partial charge in [-0.2, -0.15) is 8.78 Å². The van der Waals surface area contributed by atoms with Gasteiger partial charge < -0.3 is 15.4 Å². The van der Waals surface area contributed by atoms with Crippen molar-refractivity contribution >= 4 is 39.8 Å². The first-order chi connectivity index (χ1) is 16.2. The Morgan fingerprint density at radius 2 is 1.71 bits per heavy atom. The lowest BCUT2D eigenvalue weighted by atomic mass is 10.2. The Hall–Kier alpha value is -4.15. The summed E-state index contributed by atoms with van der Waals surface area (Å²) in [7, 11) is 0. The second-order valence-corrected chi connectivity index (χ2v) is 7.46. The Morgan fingerprint density at radius 3 is 2.38 bits per heavy atom. The molecule has 1 aliphatic heterocycles. The molecule has 11 heteroatoms. The van der Waals surface area contributed by atoms with Crippen molar-refractivity contribution < 1.29 is 31.9 Å². The molecule has 34 heavy (non-hydrogen) atoms. The van der Waals surface area contributed by atoms with Crippen LogP contribution in [0, 0.1) is 11.6 Å². The molecule has 0 aromatic heterocycles. The van der Waals surface area contributed by atoms with Crippen molar-refractivity contribution in [3.8, 4) is 0 Å². The number of carbonyl (C=O) groups excluding carboxylic acids is 2. The van der Waals surface area contributed by atoms with Gasteiger partial charge in [-0.15, -0.1) is 0 Å². The standard InChI is InChI=1S/C23H17F4N3O4/c24-16-8-14(30-11-15(34-23(30)33)10-28-22(32)21(26)27)9-17(25)20(16)29-18-6-5-12-3-1-2-4-13(12)7-19(18)31/h1-9,15,21H,10-11H2,(H,28,32)(H,29,31). The van der Waals surface area contributed by atoms with Crippen LogP contribution in [0.2, 0.25) is 0 Å². The molecule has 0 saturated carbocycles. The van der Waals surface area contributed by atoms with Crippen molar-refractivity contribution in [1.82, 2.24) is 5.32 Å². The number of hydrogen-bond acceptors (Lipinski definition) is 5. The third-order valence-corrected chi connectivity index (χ3v) is 5.15. The Bertz CT molecular complexity index is 1310. The van der Waals surface area contributed by atoms with Crippen LogP contribution in [0.3, 0.4) is 0 Å². The summed E-state index contributed by atoms with van der Waals surface area (Å²) in [6.07, 6.45) is -5.17. The molecular weight excluding hydrogens is 458 g/mol. The molecule has 3 aromatic rings. The van der Waals surface area contributed by atoms with Crippen LogP contribution in [0.1, 0.15) is 0 Å². The molecule has 4 rings (SSSR count). The van der Waals surface area contributed by atoms with Crippen LogP contribution < -0.4 is 21.0 Å². The van der Waals surface area contributed by atoms with Gasteiger partial charge in [-0.3, -0.25) is 14.5 Å². The van der Waals surface area contributed by atoms with Gasteiger partial charge in [0.1, 0.15) is 11.8 Å². The second-order valence-electron chi connectivity index (χ2n) is 7.46. The number of nitrogens with zero attached hydrogens (tertiary/aromatic N) is 1. The van der Waals surface area contributed by atoms with Gasteiger partial charge in [0.2, 0.25) is 5.43 Å². The minimum absolute atomic E-state index is 0.0582. The number of carbonyl (C=O) groups is 2. The molecule has 1 atom stereocenters.